The van der Waals surface area contributed by atoms with Gasteiger partial charge in [-0.25, -0.2) is 10.0 Å². The predicted octanol–water partition coefficient (Wildman–Crippen LogP) is 2.30. The summed E-state index contributed by atoms with van der Waals surface area (Å²) in [7, 11) is 0. The average molecular weight is 375 g/mol. The van der Waals surface area contributed by atoms with Crippen molar-refractivity contribution in [2.24, 2.45) is 0 Å². The Balaban J connectivity index is 0.00000208. The van der Waals surface area contributed by atoms with E-state index in [0.717, 1.165) is 31.6 Å². The number of amides is 1. The number of benzene rings is 1. The lowest BCUT2D eigenvalue weighted by molar-refractivity contribution is -0.00196. The van der Waals surface area contributed by atoms with Crippen LogP contribution in [0.2, 0.25) is 5.02 Å². The van der Waals surface area contributed by atoms with Crippen LogP contribution in [0.3, 0.4) is 0 Å². The summed E-state index contributed by atoms with van der Waals surface area (Å²) in [5, 5.41) is 7.96. The Morgan fingerprint density at radius 3 is 2.88 bits per heavy atom. The molecule has 1 amide bonds. The molecular formula is C16H24Cl2N4O2. The van der Waals surface area contributed by atoms with Gasteiger partial charge in [0.15, 0.2) is 0 Å². The van der Waals surface area contributed by atoms with Crippen LogP contribution in [0.5, 0.6) is 5.75 Å². The summed E-state index contributed by atoms with van der Waals surface area (Å²) < 4.78 is 5.62. The van der Waals surface area contributed by atoms with Gasteiger partial charge in [0.25, 0.3) is 5.91 Å². The summed E-state index contributed by atoms with van der Waals surface area (Å²) in [5.74, 6) is 0.421. The number of nitrogens with one attached hydrogen (secondary N) is 1. The number of rotatable bonds is 4. The summed E-state index contributed by atoms with van der Waals surface area (Å²) in [5.41, 5.74) is 7.82. The van der Waals surface area contributed by atoms with Crippen molar-refractivity contribution in [2.45, 2.75) is 32.9 Å². The van der Waals surface area contributed by atoms with E-state index in [0.29, 0.717) is 35.1 Å². The lowest BCUT2D eigenvalue weighted by Gasteiger charge is -2.30. The van der Waals surface area contributed by atoms with Crippen LogP contribution in [0.15, 0.2) is 6.07 Å². The molecule has 0 bridgehead atoms. The first kappa shape index (κ1) is 19.1. The van der Waals surface area contributed by atoms with Gasteiger partial charge in [0.2, 0.25) is 0 Å². The second kappa shape index (κ2) is 7.78. The van der Waals surface area contributed by atoms with Crippen molar-refractivity contribution in [1.82, 2.24) is 15.3 Å². The van der Waals surface area contributed by atoms with Crippen LogP contribution in [-0.4, -0.2) is 48.3 Å². The largest absolute Gasteiger partial charge is 0.492 e. The van der Waals surface area contributed by atoms with E-state index in [1.165, 1.54) is 0 Å². The maximum absolute atomic E-state index is 12.7. The molecule has 1 aromatic rings. The molecular weight excluding hydrogens is 351 g/mol. The molecule has 2 heterocycles. The lowest BCUT2D eigenvalue weighted by Crippen LogP contribution is -2.49. The zero-order valence-electron chi connectivity index (χ0n) is 14.0. The third kappa shape index (κ3) is 3.28. The number of halogens is 2. The maximum Gasteiger partial charge on any atom is 0.256 e. The molecule has 1 saturated heterocycles. The van der Waals surface area contributed by atoms with Crippen molar-refractivity contribution in [3.05, 3.63) is 22.2 Å². The highest BCUT2D eigenvalue weighted by molar-refractivity contribution is 6.33. The standard InChI is InChI=1S/C16H23ClN4O2.ClH/c1-3-20-7-5-13(21(20)4-2)19-16(22)11-9-12(17)14(18)10-6-8-23-15(10)11;/h9,13H,3-8,18H2,1-2H3,(H,19,22);1H. The minimum atomic E-state index is -0.161. The first-order valence-corrected chi connectivity index (χ1v) is 8.50. The maximum atomic E-state index is 12.7. The number of hydrogen-bond donors (Lipinski definition) is 2. The first-order valence-electron chi connectivity index (χ1n) is 8.12. The zero-order chi connectivity index (χ0) is 16.6. The van der Waals surface area contributed by atoms with Crippen molar-refractivity contribution >= 4 is 35.6 Å². The normalized spacial score (nSPS) is 20.4. The highest BCUT2D eigenvalue weighted by atomic mass is 35.5. The smallest absolute Gasteiger partial charge is 0.256 e. The summed E-state index contributed by atoms with van der Waals surface area (Å²) >= 11 is 6.18. The van der Waals surface area contributed by atoms with Crippen LogP contribution in [-0.2, 0) is 6.42 Å². The molecule has 0 saturated carbocycles. The number of carbonyl (C=O) groups is 1. The second-order valence-electron chi connectivity index (χ2n) is 5.81. The molecule has 1 aromatic carbocycles. The van der Waals surface area contributed by atoms with Crippen molar-refractivity contribution in [1.29, 1.82) is 0 Å². The number of carbonyl (C=O) groups excluding carboxylic acids is 1. The van der Waals surface area contributed by atoms with Crippen molar-refractivity contribution < 1.29 is 9.53 Å². The monoisotopic (exact) mass is 374 g/mol. The van der Waals surface area contributed by atoms with E-state index < -0.39 is 0 Å². The molecule has 1 fully saturated rings. The predicted molar refractivity (Wildman–Crippen MR) is 97.8 cm³/mol. The average Bonchev–Trinajstić information content (AvgIpc) is 3.17. The summed E-state index contributed by atoms with van der Waals surface area (Å²) in [6.45, 7) is 7.49. The first-order chi connectivity index (χ1) is 11.1. The molecule has 1 unspecified atom stereocenters. The molecule has 134 valence electrons. The number of hydrogen-bond acceptors (Lipinski definition) is 5. The number of nitrogen functional groups attached to an aromatic ring is 1. The molecule has 6 nitrogen and oxygen atoms in total. The molecule has 3 N–H and O–H groups in total. The van der Waals surface area contributed by atoms with Crippen LogP contribution in [0, 0.1) is 0 Å². The van der Waals surface area contributed by atoms with E-state index in [1.807, 2.05) is 0 Å². The van der Waals surface area contributed by atoms with Gasteiger partial charge in [-0.3, -0.25) is 4.79 Å². The van der Waals surface area contributed by atoms with Crippen LogP contribution in [0.4, 0.5) is 5.69 Å². The van der Waals surface area contributed by atoms with Gasteiger partial charge < -0.3 is 15.8 Å². The fourth-order valence-electron chi connectivity index (χ4n) is 3.42. The SMILES string of the molecule is CCN1CCC(NC(=O)c2cc(Cl)c(N)c3c2OCC3)N1CC.Cl. The van der Waals surface area contributed by atoms with Gasteiger partial charge in [0.1, 0.15) is 5.75 Å². The van der Waals surface area contributed by atoms with Crippen LogP contribution >= 0.6 is 24.0 Å². The van der Waals surface area contributed by atoms with Crippen molar-refractivity contribution in [3.8, 4) is 5.75 Å². The molecule has 0 aromatic heterocycles. The molecule has 2 aliphatic rings. The molecule has 0 radical (unpaired) electrons. The highest BCUT2D eigenvalue weighted by Gasteiger charge is 2.32. The molecule has 3 rings (SSSR count). The van der Waals surface area contributed by atoms with Crippen molar-refractivity contribution in [2.75, 3.05) is 32.0 Å². The van der Waals surface area contributed by atoms with E-state index in [2.05, 4.69) is 29.2 Å². The third-order valence-electron chi connectivity index (χ3n) is 4.59. The Bertz CT molecular complexity index is 627. The van der Waals surface area contributed by atoms with Gasteiger partial charge in [-0.05, 0) is 12.5 Å². The number of nitrogens with zero attached hydrogens (tertiary/aromatic N) is 2. The number of ether oxygens (including phenoxy) is 1. The van der Waals surface area contributed by atoms with E-state index in [-0.39, 0.29) is 24.5 Å². The summed E-state index contributed by atoms with van der Waals surface area (Å²) in [6.07, 6.45) is 1.59. The number of hydrazine groups is 1. The van der Waals surface area contributed by atoms with E-state index >= 15 is 0 Å². The Hall–Kier alpha value is -1.21. The van der Waals surface area contributed by atoms with Gasteiger partial charge in [0.05, 0.1) is 29.0 Å². The Morgan fingerprint density at radius 1 is 1.46 bits per heavy atom. The topological polar surface area (TPSA) is 70.8 Å². The third-order valence-corrected chi connectivity index (χ3v) is 4.90. The molecule has 8 heteroatoms. The van der Waals surface area contributed by atoms with Crippen LogP contribution in [0.1, 0.15) is 36.2 Å². The van der Waals surface area contributed by atoms with Gasteiger partial charge in [-0.2, -0.15) is 0 Å². The summed E-state index contributed by atoms with van der Waals surface area (Å²) in [4.78, 5) is 12.7. The van der Waals surface area contributed by atoms with Gasteiger partial charge in [-0.1, -0.05) is 25.4 Å². The van der Waals surface area contributed by atoms with Gasteiger partial charge >= 0.3 is 0 Å². The molecule has 1 atom stereocenters. The van der Waals surface area contributed by atoms with Crippen LogP contribution in [0.25, 0.3) is 0 Å². The van der Waals surface area contributed by atoms with Gasteiger partial charge in [-0.15, -0.1) is 12.4 Å². The lowest BCUT2D eigenvalue weighted by atomic mass is 10.0. The summed E-state index contributed by atoms with van der Waals surface area (Å²) in [6, 6.07) is 1.61. The number of nitrogens with two attached hydrogens (primary N) is 1. The minimum absolute atomic E-state index is 0. The van der Waals surface area contributed by atoms with E-state index in [1.54, 1.807) is 6.07 Å². The van der Waals surface area contributed by atoms with E-state index in [9.17, 15) is 4.79 Å². The zero-order valence-corrected chi connectivity index (χ0v) is 15.5. The van der Waals surface area contributed by atoms with E-state index in [4.69, 9.17) is 22.1 Å². The fourth-order valence-corrected chi connectivity index (χ4v) is 3.64. The highest BCUT2D eigenvalue weighted by Crippen LogP contribution is 2.38. The Kier molecular flexibility index (Phi) is 6.20. The fraction of sp³-hybridized carbons (Fsp3) is 0.562. The molecule has 0 spiro atoms. The number of anilines is 1. The quantitative estimate of drug-likeness (QED) is 0.791. The molecule has 0 aliphatic carbocycles. The molecule has 2 aliphatic heterocycles. The Labute approximate surface area is 153 Å². The molecule has 24 heavy (non-hydrogen) atoms. The van der Waals surface area contributed by atoms with Crippen molar-refractivity contribution in [3.63, 3.8) is 0 Å². The second-order valence-corrected chi connectivity index (χ2v) is 6.21. The Morgan fingerprint density at radius 2 is 2.21 bits per heavy atom. The van der Waals surface area contributed by atoms with Gasteiger partial charge in [0, 0.05) is 31.6 Å². The van der Waals surface area contributed by atoms with Crippen LogP contribution < -0.4 is 15.8 Å². The number of fused-ring (bicyclic) bond motifs is 1. The minimum Gasteiger partial charge on any atom is -0.492 e.